The molecule has 0 unspecified atom stereocenters. The first-order valence-corrected chi connectivity index (χ1v) is 8.99. The van der Waals surface area contributed by atoms with Gasteiger partial charge in [-0.3, -0.25) is 4.98 Å². The Kier molecular flexibility index (Phi) is 5.20. The Labute approximate surface area is 153 Å². The summed E-state index contributed by atoms with van der Waals surface area (Å²) in [6.07, 6.45) is 3.33. The maximum Gasteiger partial charge on any atom is 0.410 e. The summed E-state index contributed by atoms with van der Waals surface area (Å²) in [4.78, 5) is 19.7. The van der Waals surface area contributed by atoms with E-state index in [-0.39, 0.29) is 6.09 Å². The lowest BCUT2D eigenvalue weighted by molar-refractivity contribution is 0.0175. The molecule has 3 heterocycles. The van der Waals surface area contributed by atoms with Crippen LogP contribution in [0.4, 0.5) is 4.79 Å². The van der Waals surface area contributed by atoms with Crippen LogP contribution in [0.25, 0.3) is 11.4 Å². The standard InChI is InChI=1S/C18H26N6O2/c1-13-11-15(5-8-19-13)16-20-22-24(21-16)12-14-6-9-23(10-7-14)17(25)26-18(2,3)4/h5,8,11,14H,6-7,9-10,12H2,1-4H3. The Morgan fingerprint density at radius 3 is 2.69 bits per heavy atom. The predicted octanol–water partition coefficient (Wildman–Crippen LogP) is 2.69. The van der Waals surface area contributed by atoms with Gasteiger partial charge in [-0.2, -0.15) is 4.80 Å². The zero-order chi connectivity index (χ0) is 18.7. The van der Waals surface area contributed by atoms with Gasteiger partial charge in [0.15, 0.2) is 0 Å². The molecule has 0 aliphatic carbocycles. The van der Waals surface area contributed by atoms with Crippen LogP contribution in [0.15, 0.2) is 18.3 Å². The van der Waals surface area contributed by atoms with E-state index in [0.717, 1.165) is 24.1 Å². The van der Waals surface area contributed by atoms with Crippen molar-refractivity contribution < 1.29 is 9.53 Å². The molecule has 1 amide bonds. The topological polar surface area (TPSA) is 86.0 Å². The number of likely N-dealkylation sites (tertiary alicyclic amines) is 1. The number of carbonyl (C=O) groups excluding carboxylic acids is 1. The molecule has 1 saturated heterocycles. The van der Waals surface area contributed by atoms with E-state index in [0.29, 0.717) is 31.4 Å². The van der Waals surface area contributed by atoms with E-state index in [4.69, 9.17) is 4.74 Å². The summed E-state index contributed by atoms with van der Waals surface area (Å²) in [5.41, 5.74) is 1.39. The fourth-order valence-electron chi connectivity index (χ4n) is 2.98. The van der Waals surface area contributed by atoms with Crippen LogP contribution in [0.2, 0.25) is 0 Å². The number of tetrazole rings is 1. The van der Waals surface area contributed by atoms with E-state index in [1.54, 1.807) is 15.9 Å². The van der Waals surface area contributed by atoms with Gasteiger partial charge in [-0.1, -0.05) is 0 Å². The highest BCUT2D eigenvalue weighted by Crippen LogP contribution is 2.21. The van der Waals surface area contributed by atoms with Crippen molar-refractivity contribution in [2.75, 3.05) is 13.1 Å². The molecule has 1 fully saturated rings. The number of piperidine rings is 1. The first kappa shape index (κ1) is 18.3. The van der Waals surface area contributed by atoms with Crippen LogP contribution in [-0.2, 0) is 11.3 Å². The largest absolute Gasteiger partial charge is 0.444 e. The molecular weight excluding hydrogens is 332 g/mol. The van der Waals surface area contributed by atoms with Crippen LogP contribution >= 0.6 is 0 Å². The molecule has 26 heavy (non-hydrogen) atoms. The number of hydrogen-bond acceptors (Lipinski definition) is 6. The lowest BCUT2D eigenvalue weighted by atomic mass is 9.97. The monoisotopic (exact) mass is 358 g/mol. The summed E-state index contributed by atoms with van der Waals surface area (Å²) in [6.45, 7) is 9.70. The van der Waals surface area contributed by atoms with Gasteiger partial charge in [-0.15, -0.1) is 10.2 Å². The summed E-state index contributed by atoms with van der Waals surface area (Å²) in [6, 6.07) is 3.83. The zero-order valence-electron chi connectivity index (χ0n) is 15.8. The van der Waals surface area contributed by atoms with Crippen molar-refractivity contribution in [2.45, 2.75) is 52.7 Å². The second-order valence-electron chi connectivity index (χ2n) is 7.76. The number of aryl methyl sites for hydroxylation is 1. The molecule has 0 spiro atoms. The van der Waals surface area contributed by atoms with Crippen molar-refractivity contribution in [1.82, 2.24) is 30.1 Å². The van der Waals surface area contributed by atoms with Gasteiger partial charge in [0.2, 0.25) is 5.82 Å². The minimum absolute atomic E-state index is 0.231. The van der Waals surface area contributed by atoms with E-state index in [1.807, 2.05) is 39.8 Å². The third-order valence-electron chi connectivity index (χ3n) is 4.30. The Morgan fingerprint density at radius 2 is 2.04 bits per heavy atom. The molecule has 8 nitrogen and oxygen atoms in total. The van der Waals surface area contributed by atoms with E-state index in [2.05, 4.69) is 20.4 Å². The lowest BCUT2D eigenvalue weighted by Gasteiger charge is -2.33. The number of pyridine rings is 1. The average molecular weight is 358 g/mol. The van der Waals surface area contributed by atoms with Gasteiger partial charge in [0, 0.05) is 30.5 Å². The first-order chi connectivity index (χ1) is 12.3. The highest BCUT2D eigenvalue weighted by Gasteiger charge is 2.27. The molecule has 0 saturated carbocycles. The maximum absolute atomic E-state index is 12.1. The molecule has 0 aromatic carbocycles. The van der Waals surface area contributed by atoms with Crippen molar-refractivity contribution in [3.05, 3.63) is 24.0 Å². The Hall–Kier alpha value is -2.51. The summed E-state index contributed by atoms with van der Waals surface area (Å²) in [5, 5.41) is 12.8. The summed E-state index contributed by atoms with van der Waals surface area (Å²) >= 11 is 0. The molecule has 140 valence electrons. The quantitative estimate of drug-likeness (QED) is 0.838. The predicted molar refractivity (Wildman–Crippen MR) is 96.3 cm³/mol. The second kappa shape index (κ2) is 7.39. The van der Waals surface area contributed by atoms with Gasteiger partial charge in [0.25, 0.3) is 0 Å². The van der Waals surface area contributed by atoms with Gasteiger partial charge >= 0.3 is 6.09 Å². The normalized spacial score (nSPS) is 15.9. The Morgan fingerprint density at radius 1 is 1.31 bits per heavy atom. The van der Waals surface area contributed by atoms with Crippen LogP contribution in [-0.4, -0.2) is 54.9 Å². The Bertz CT molecular complexity index is 759. The van der Waals surface area contributed by atoms with E-state index in [9.17, 15) is 4.79 Å². The fraction of sp³-hybridized carbons (Fsp3) is 0.611. The minimum atomic E-state index is -0.458. The lowest BCUT2D eigenvalue weighted by Crippen LogP contribution is -2.42. The van der Waals surface area contributed by atoms with Gasteiger partial charge in [-0.05, 0) is 63.8 Å². The summed E-state index contributed by atoms with van der Waals surface area (Å²) < 4.78 is 5.43. The van der Waals surface area contributed by atoms with Crippen molar-refractivity contribution >= 4 is 6.09 Å². The van der Waals surface area contributed by atoms with Gasteiger partial charge in [-0.25, -0.2) is 4.79 Å². The number of aromatic nitrogens is 5. The van der Waals surface area contributed by atoms with E-state index in [1.165, 1.54) is 0 Å². The number of rotatable bonds is 3. The van der Waals surface area contributed by atoms with Gasteiger partial charge < -0.3 is 9.64 Å². The highest BCUT2D eigenvalue weighted by atomic mass is 16.6. The third-order valence-corrected chi connectivity index (χ3v) is 4.30. The number of carbonyl (C=O) groups is 1. The number of hydrogen-bond donors (Lipinski definition) is 0. The highest BCUT2D eigenvalue weighted by molar-refractivity contribution is 5.68. The van der Waals surface area contributed by atoms with Crippen LogP contribution < -0.4 is 0 Å². The molecule has 0 N–H and O–H groups in total. The maximum atomic E-state index is 12.1. The molecule has 0 atom stereocenters. The number of nitrogens with zero attached hydrogens (tertiary/aromatic N) is 6. The van der Waals surface area contributed by atoms with Crippen LogP contribution in [0.5, 0.6) is 0 Å². The molecule has 1 aliphatic heterocycles. The zero-order valence-corrected chi connectivity index (χ0v) is 15.8. The Balaban J connectivity index is 1.53. The van der Waals surface area contributed by atoms with Crippen molar-refractivity contribution in [3.63, 3.8) is 0 Å². The molecule has 2 aromatic heterocycles. The second-order valence-corrected chi connectivity index (χ2v) is 7.76. The smallest absolute Gasteiger partial charge is 0.410 e. The average Bonchev–Trinajstić information content (AvgIpc) is 3.02. The van der Waals surface area contributed by atoms with Crippen molar-refractivity contribution in [2.24, 2.45) is 5.92 Å². The summed E-state index contributed by atoms with van der Waals surface area (Å²) in [5.74, 6) is 1.04. The van der Waals surface area contributed by atoms with E-state index >= 15 is 0 Å². The fourth-order valence-corrected chi connectivity index (χ4v) is 2.98. The molecule has 0 bridgehead atoms. The molecule has 8 heteroatoms. The molecule has 2 aromatic rings. The van der Waals surface area contributed by atoms with Crippen molar-refractivity contribution in [3.8, 4) is 11.4 Å². The first-order valence-electron chi connectivity index (χ1n) is 8.99. The third kappa shape index (κ3) is 4.77. The molecule has 1 aliphatic rings. The van der Waals surface area contributed by atoms with Crippen LogP contribution in [0.3, 0.4) is 0 Å². The SMILES string of the molecule is Cc1cc(-c2nnn(CC3CCN(C(=O)OC(C)(C)C)CC3)n2)ccn1. The van der Waals surface area contributed by atoms with E-state index < -0.39 is 5.60 Å². The molecule has 3 rings (SSSR count). The minimum Gasteiger partial charge on any atom is -0.444 e. The van der Waals surface area contributed by atoms with Gasteiger partial charge in [0.05, 0.1) is 6.54 Å². The van der Waals surface area contributed by atoms with Gasteiger partial charge in [0.1, 0.15) is 5.60 Å². The van der Waals surface area contributed by atoms with Crippen LogP contribution in [0.1, 0.15) is 39.3 Å². The molecular formula is C18H26N6O2. The number of ether oxygens (including phenoxy) is 1. The number of amides is 1. The van der Waals surface area contributed by atoms with Crippen LogP contribution in [0, 0.1) is 12.8 Å². The summed E-state index contributed by atoms with van der Waals surface area (Å²) in [7, 11) is 0. The molecule has 0 radical (unpaired) electrons. The van der Waals surface area contributed by atoms with Crippen molar-refractivity contribution in [1.29, 1.82) is 0 Å².